The highest BCUT2D eigenvalue weighted by Gasteiger charge is 2.30. The summed E-state index contributed by atoms with van der Waals surface area (Å²) < 4.78 is 18.6. The van der Waals surface area contributed by atoms with Gasteiger partial charge in [0, 0.05) is 22.6 Å². The van der Waals surface area contributed by atoms with Gasteiger partial charge >= 0.3 is 0 Å². The highest BCUT2D eigenvalue weighted by atomic mass is 35.5. The number of rotatable bonds is 10. The Morgan fingerprint density at radius 3 is 2.35 bits per heavy atom. The van der Waals surface area contributed by atoms with E-state index in [1.807, 2.05) is 20.8 Å². The van der Waals surface area contributed by atoms with Crippen LogP contribution in [0.2, 0.25) is 10.0 Å². The second-order valence-electron chi connectivity index (χ2n) is 7.24. The van der Waals surface area contributed by atoms with E-state index in [-0.39, 0.29) is 31.0 Å². The van der Waals surface area contributed by atoms with Crippen molar-refractivity contribution in [2.24, 2.45) is 0 Å². The van der Waals surface area contributed by atoms with Gasteiger partial charge < -0.3 is 15.0 Å². The van der Waals surface area contributed by atoms with Crippen LogP contribution in [0.1, 0.15) is 39.2 Å². The molecule has 0 saturated carbocycles. The van der Waals surface area contributed by atoms with Crippen molar-refractivity contribution in [3.8, 4) is 5.75 Å². The molecular formula is C23H27Cl2FN2O3. The minimum Gasteiger partial charge on any atom is -0.484 e. The monoisotopic (exact) mass is 468 g/mol. The quantitative estimate of drug-likeness (QED) is 0.518. The molecule has 2 rings (SSSR count). The first-order valence-corrected chi connectivity index (χ1v) is 10.9. The van der Waals surface area contributed by atoms with Gasteiger partial charge in [-0.15, -0.1) is 0 Å². The van der Waals surface area contributed by atoms with Crippen LogP contribution in [-0.2, 0) is 16.1 Å². The molecule has 2 amide bonds. The Balaban J connectivity index is 2.24. The molecular weight excluding hydrogens is 442 g/mol. The van der Waals surface area contributed by atoms with E-state index in [0.717, 1.165) is 6.42 Å². The van der Waals surface area contributed by atoms with Crippen LogP contribution in [0.3, 0.4) is 0 Å². The Morgan fingerprint density at radius 1 is 1.10 bits per heavy atom. The van der Waals surface area contributed by atoms with E-state index in [1.165, 1.54) is 29.2 Å². The van der Waals surface area contributed by atoms with Crippen LogP contribution in [0, 0.1) is 5.82 Å². The number of hydrogen-bond donors (Lipinski definition) is 1. The van der Waals surface area contributed by atoms with E-state index in [1.54, 1.807) is 18.2 Å². The molecule has 31 heavy (non-hydrogen) atoms. The van der Waals surface area contributed by atoms with Gasteiger partial charge in [-0.3, -0.25) is 9.59 Å². The lowest BCUT2D eigenvalue weighted by atomic mass is 10.1. The van der Waals surface area contributed by atoms with Crippen molar-refractivity contribution in [3.63, 3.8) is 0 Å². The van der Waals surface area contributed by atoms with Crippen LogP contribution in [0.25, 0.3) is 0 Å². The van der Waals surface area contributed by atoms with Crippen molar-refractivity contribution in [1.29, 1.82) is 0 Å². The Labute approximate surface area is 192 Å². The van der Waals surface area contributed by atoms with Crippen LogP contribution >= 0.6 is 23.2 Å². The first-order chi connectivity index (χ1) is 14.7. The normalized spacial score (nSPS) is 12.7. The summed E-state index contributed by atoms with van der Waals surface area (Å²) in [6.45, 7) is 5.53. The third-order valence-corrected chi connectivity index (χ3v) is 5.51. The summed E-state index contributed by atoms with van der Waals surface area (Å²) in [7, 11) is 0. The lowest BCUT2D eigenvalue weighted by molar-refractivity contribution is -0.143. The minimum atomic E-state index is -0.704. The van der Waals surface area contributed by atoms with E-state index < -0.39 is 11.9 Å². The Kier molecular flexibility index (Phi) is 9.59. The molecule has 2 atom stereocenters. The first kappa shape index (κ1) is 25.0. The first-order valence-electron chi connectivity index (χ1n) is 10.2. The third-order valence-electron chi connectivity index (χ3n) is 4.92. The molecule has 0 saturated heterocycles. The number of amides is 2. The van der Waals surface area contributed by atoms with Crippen molar-refractivity contribution in [2.75, 3.05) is 6.61 Å². The summed E-state index contributed by atoms with van der Waals surface area (Å²) in [5, 5.41) is 3.82. The standard InChI is InChI=1S/C23H27Cl2FN2O3/c1-4-15(3)27-23(30)21(5-2)28(13-16-6-7-17(24)12-20(16)25)22(29)14-31-19-10-8-18(26)9-11-19/h6-12,15,21H,4-5,13-14H2,1-3H3,(H,27,30)/t15-,21-/m1/s1. The van der Waals surface area contributed by atoms with Crippen LogP contribution in [0.4, 0.5) is 4.39 Å². The number of ether oxygens (including phenoxy) is 1. The number of carbonyl (C=O) groups excluding carboxylic acids is 2. The summed E-state index contributed by atoms with van der Waals surface area (Å²) in [6.07, 6.45) is 1.18. The molecule has 0 fully saturated rings. The Hall–Kier alpha value is -2.31. The van der Waals surface area contributed by atoms with E-state index >= 15 is 0 Å². The Bertz CT molecular complexity index is 893. The molecule has 5 nitrogen and oxygen atoms in total. The van der Waals surface area contributed by atoms with Crippen molar-refractivity contribution >= 4 is 35.0 Å². The molecule has 0 unspecified atom stereocenters. The van der Waals surface area contributed by atoms with E-state index in [0.29, 0.717) is 27.8 Å². The zero-order chi connectivity index (χ0) is 23.0. The third kappa shape index (κ3) is 7.40. The van der Waals surface area contributed by atoms with Crippen LogP contribution < -0.4 is 10.1 Å². The summed E-state index contributed by atoms with van der Waals surface area (Å²) in [5.41, 5.74) is 0.663. The fourth-order valence-corrected chi connectivity index (χ4v) is 3.42. The van der Waals surface area contributed by atoms with Crippen molar-refractivity contribution in [1.82, 2.24) is 10.2 Å². The summed E-state index contributed by atoms with van der Waals surface area (Å²) in [4.78, 5) is 27.4. The number of benzene rings is 2. The number of halogens is 3. The maximum atomic E-state index is 13.1. The number of hydrogen-bond acceptors (Lipinski definition) is 3. The topological polar surface area (TPSA) is 58.6 Å². The molecule has 0 aliphatic rings. The second-order valence-corrected chi connectivity index (χ2v) is 8.09. The van der Waals surface area contributed by atoms with E-state index in [9.17, 15) is 14.0 Å². The predicted molar refractivity (Wildman–Crippen MR) is 121 cm³/mol. The minimum absolute atomic E-state index is 0.0203. The molecule has 2 aromatic carbocycles. The molecule has 1 N–H and O–H groups in total. The average Bonchev–Trinajstić information content (AvgIpc) is 2.74. The number of carbonyl (C=O) groups is 2. The van der Waals surface area contributed by atoms with E-state index in [4.69, 9.17) is 27.9 Å². The molecule has 0 aromatic heterocycles. The molecule has 168 valence electrons. The highest BCUT2D eigenvalue weighted by molar-refractivity contribution is 6.35. The molecule has 0 bridgehead atoms. The zero-order valence-electron chi connectivity index (χ0n) is 17.8. The predicted octanol–water partition coefficient (Wildman–Crippen LogP) is 5.23. The lowest BCUT2D eigenvalue weighted by Crippen LogP contribution is -2.51. The highest BCUT2D eigenvalue weighted by Crippen LogP contribution is 2.24. The van der Waals surface area contributed by atoms with Gasteiger partial charge in [0.25, 0.3) is 5.91 Å². The molecule has 2 aromatic rings. The maximum absolute atomic E-state index is 13.1. The van der Waals surface area contributed by atoms with Gasteiger partial charge in [0.1, 0.15) is 17.6 Å². The largest absolute Gasteiger partial charge is 0.484 e. The number of nitrogens with one attached hydrogen (secondary N) is 1. The van der Waals surface area contributed by atoms with Crippen molar-refractivity contribution < 1.29 is 18.7 Å². The smallest absolute Gasteiger partial charge is 0.261 e. The fourth-order valence-electron chi connectivity index (χ4n) is 2.95. The van der Waals surface area contributed by atoms with Gasteiger partial charge in [-0.2, -0.15) is 0 Å². The van der Waals surface area contributed by atoms with Crippen molar-refractivity contribution in [2.45, 2.75) is 52.2 Å². The van der Waals surface area contributed by atoms with Gasteiger partial charge in [0.2, 0.25) is 5.91 Å². The zero-order valence-corrected chi connectivity index (χ0v) is 19.3. The van der Waals surface area contributed by atoms with Gasteiger partial charge in [-0.05, 0) is 61.7 Å². The molecule has 0 radical (unpaired) electrons. The molecule has 0 heterocycles. The van der Waals surface area contributed by atoms with Crippen LogP contribution in [0.5, 0.6) is 5.75 Å². The van der Waals surface area contributed by atoms with Crippen LogP contribution in [0.15, 0.2) is 42.5 Å². The summed E-state index contributed by atoms with van der Waals surface area (Å²) in [5.74, 6) is -0.666. The Morgan fingerprint density at radius 2 is 1.77 bits per heavy atom. The second kappa shape index (κ2) is 11.9. The van der Waals surface area contributed by atoms with Gasteiger partial charge in [-0.1, -0.05) is 43.1 Å². The average molecular weight is 469 g/mol. The van der Waals surface area contributed by atoms with Gasteiger partial charge in [0.15, 0.2) is 6.61 Å². The van der Waals surface area contributed by atoms with E-state index in [2.05, 4.69) is 5.32 Å². The summed E-state index contributed by atoms with van der Waals surface area (Å²) in [6, 6.07) is 9.66. The molecule has 0 aliphatic heterocycles. The summed E-state index contributed by atoms with van der Waals surface area (Å²) >= 11 is 12.3. The van der Waals surface area contributed by atoms with Gasteiger partial charge in [-0.25, -0.2) is 4.39 Å². The molecule has 8 heteroatoms. The molecule has 0 aliphatic carbocycles. The lowest BCUT2D eigenvalue weighted by Gasteiger charge is -2.31. The van der Waals surface area contributed by atoms with Crippen LogP contribution in [-0.4, -0.2) is 35.4 Å². The molecule has 0 spiro atoms. The maximum Gasteiger partial charge on any atom is 0.261 e. The van der Waals surface area contributed by atoms with Crippen molar-refractivity contribution in [3.05, 3.63) is 63.9 Å². The van der Waals surface area contributed by atoms with Gasteiger partial charge in [0.05, 0.1) is 0 Å². The SMILES string of the molecule is CC[C@@H](C)NC(=O)[C@@H](CC)N(Cc1ccc(Cl)cc1Cl)C(=O)COc1ccc(F)cc1. The number of nitrogens with zero attached hydrogens (tertiary/aromatic N) is 1. The fraction of sp³-hybridized carbons (Fsp3) is 0.391.